The third-order valence-electron chi connectivity index (χ3n) is 4.39. The maximum Gasteiger partial charge on any atom is 0.0593 e. The molecular formula is C19H21Cl. The van der Waals surface area contributed by atoms with Gasteiger partial charge in [0.25, 0.3) is 0 Å². The third kappa shape index (κ3) is 2.76. The quantitative estimate of drug-likeness (QED) is 0.445. The molecule has 104 valence electrons. The molecule has 0 nitrogen and oxygen atoms in total. The van der Waals surface area contributed by atoms with E-state index in [4.69, 9.17) is 11.6 Å². The summed E-state index contributed by atoms with van der Waals surface area (Å²) in [7, 11) is 0. The molecule has 0 aliphatic heterocycles. The van der Waals surface area contributed by atoms with Crippen molar-refractivity contribution in [3.05, 3.63) is 59.7 Å². The van der Waals surface area contributed by atoms with Crippen LogP contribution in [0.15, 0.2) is 48.5 Å². The van der Waals surface area contributed by atoms with Crippen LogP contribution in [0.5, 0.6) is 0 Å². The van der Waals surface area contributed by atoms with Crippen molar-refractivity contribution >= 4 is 11.6 Å². The van der Waals surface area contributed by atoms with Crippen LogP contribution >= 0.6 is 11.6 Å². The molecule has 0 spiro atoms. The predicted molar refractivity (Wildman–Crippen MR) is 87.2 cm³/mol. The molecule has 0 saturated heterocycles. The Bertz CT molecular complexity index is 598. The van der Waals surface area contributed by atoms with E-state index < -0.39 is 0 Å². The predicted octanol–water partition coefficient (Wildman–Crippen LogP) is 6.00. The van der Waals surface area contributed by atoms with E-state index in [0.29, 0.717) is 5.41 Å². The molecule has 1 aliphatic rings. The molecule has 0 saturated carbocycles. The molecule has 20 heavy (non-hydrogen) atoms. The Kier molecular flexibility index (Phi) is 3.60. The lowest BCUT2D eigenvalue weighted by Gasteiger charge is -2.23. The van der Waals surface area contributed by atoms with Crippen LogP contribution in [0.2, 0.25) is 0 Å². The number of benzene rings is 2. The zero-order valence-corrected chi connectivity index (χ0v) is 13.0. The number of alkyl halides is 1. The largest absolute Gasteiger partial charge is 0.118 e. The van der Waals surface area contributed by atoms with Crippen molar-refractivity contribution in [3.8, 4) is 11.1 Å². The third-order valence-corrected chi connectivity index (χ3v) is 4.78. The minimum atomic E-state index is 0.131. The zero-order valence-electron chi connectivity index (χ0n) is 12.2. The molecule has 0 bridgehead atoms. The van der Waals surface area contributed by atoms with Crippen LogP contribution in [0.1, 0.15) is 43.2 Å². The SMILES string of the molecule is CC1(C)CCc2ccc(-c3ccccc3)cc2C(Cl)C1. The van der Waals surface area contributed by atoms with Gasteiger partial charge in [0.1, 0.15) is 0 Å². The van der Waals surface area contributed by atoms with Gasteiger partial charge in [0.05, 0.1) is 5.38 Å². The van der Waals surface area contributed by atoms with Gasteiger partial charge in [0, 0.05) is 0 Å². The average Bonchev–Trinajstić information content (AvgIpc) is 2.56. The minimum Gasteiger partial charge on any atom is -0.118 e. The van der Waals surface area contributed by atoms with E-state index in [1.807, 2.05) is 0 Å². The highest BCUT2D eigenvalue weighted by molar-refractivity contribution is 6.21. The fourth-order valence-electron chi connectivity index (χ4n) is 3.09. The maximum absolute atomic E-state index is 6.70. The number of aryl methyl sites for hydroxylation is 1. The van der Waals surface area contributed by atoms with E-state index in [1.54, 1.807) is 0 Å². The number of halogens is 1. The summed E-state index contributed by atoms with van der Waals surface area (Å²) in [5.74, 6) is 0. The normalized spacial score (nSPS) is 21.1. The number of rotatable bonds is 1. The molecule has 2 aromatic rings. The molecule has 0 fully saturated rings. The van der Waals surface area contributed by atoms with Gasteiger partial charge in [-0.05, 0) is 53.0 Å². The second kappa shape index (κ2) is 5.26. The lowest BCUT2D eigenvalue weighted by atomic mass is 9.84. The van der Waals surface area contributed by atoms with Gasteiger partial charge in [0.2, 0.25) is 0 Å². The van der Waals surface area contributed by atoms with E-state index in [9.17, 15) is 0 Å². The Morgan fingerprint density at radius 2 is 1.75 bits per heavy atom. The summed E-state index contributed by atoms with van der Waals surface area (Å²) in [5, 5.41) is 0.131. The molecule has 0 N–H and O–H groups in total. The molecular weight excluding hydrogens is 264 g/mol. The molecule has 1 heteroatoms. The van der Waals surface area contributed by atoms with Crippen molar-refractivity contribution in [2.24, 2.45) is 5.41 Å². The highest BCUT2D eigenvalue weighted by Gasteiger charge is 2.28. The van der Waals surface area contributed by atoms with E-state index in [0.717, 1.165) is 12.8 Å². The Morgan fingerprint density at radius 3 is 2.50 bits per heavy atom. The van der Waals surface area contributed by atoms with Crippen LogP contribution in [-0.2, 0) is 6.42 Å². The van der Waals surface area contributed by atoms with Gasteiger partial charge < -0.3 is 0 Å². The van der Waals surface area contributed by atoms with E-state index >= 15 is 0 Å². The van der Waals surface area contributed by atoms with Gasteiger partial charge in [-0.2, -0.15) is 0 Å². The monoisotopic (exact) mass is 284 g/mol. The summed E-state index contributed by atoms with van der Waals surface area (Å²) >= 11 is 6.70. The molecule has 3 rings (SSSR count). The fraction of sp³-hybridized carbons (Fsp3) is 0.368. The summed E-state index contributed by atoms with van der Waals surface area (Å²) in [4.78, 5) is 0. The molecule has 0 radical (unpaired) electrons. The van der Waals surface area contributed by atoms with Crippen LogP contribution < -0.4 is 0 Å². The summed E-state index contributed by atoms with van der Waals surface area (Å²) in [6, 6.07) is 17.3. The van der Waals surface area contributed by atoms with Gasteiger partial charge in [-0.25, -0.2) is 0 Å². The smallest absolute Gasteiger partial charge is 0.0593 e. The van der Waals surface area contributed by atoms with Gasteiger partial charge in [0.15, 0.2) is 0 Å². The summed E-state index contributed by atoms with van der Waals surface area (Å²) < 4.78 is 0. The van der Waals surface area contributed by atoms with Crippen molar-refractivity contribution in [1.29, 1.82) is 0 Å². The summed E-state index contributed by atoms with van der Waals surface area (Å²) in [5.41, 5.74) is 5.63. The van der Waals surface area contributed by atoms with Gasteiger partial charge in [-0.1, -0.05) is 56.3 Å². The first kappa shape index (κ1) is 13.7. The van der Waals surface area contributed by atoms with Crippen LogP contribution in [0.25, 0.3) is 11.1 Å². The Hall–Kier alpha value is -1.27. The highest BCUT2D eigenvalue weighted by Crippen LogP contribution is 2.43. The Labute approximate surface area is 126 Å². The van der Waals surface area contributed by atoms with E-state index in [-0.39, 0.29) is 5.38 Å². The molecule has 0 heterocycles. The Morgan fingerprint density at radius 1 is 1.00 bits per heavy atom. The topological polar surface area (TPSA) is 0 Å². The number of fused-ring (bicyclic) bond motifs is 1. The van der Waals surface area contributed by atoms with Gasteiger partial charge in [-0.3, -0.25) is 0 Å². The lowest BCUT2D eigenvalue weighted by molar-refractivity contribution is 0.313. The van der Waals surface area contributed by atoms with Crippen molar-refractivity contribution in [2.75, 3.05) is 0 Å². The van der Waals surface area contributed by atoms with Crippen molar-refractivity contribution in [2.45, 2.75) is 38.5 Å². The molecule has 1 aliphatic carbocycles. The molecule has 1 unspecified atom stereocenters. The van der Waals surface area contributed by atoms with Gasteiger partial charge >= 0.3 is 0 Å². The second-order valence-electron chi connectivity index (χ2n) is 6.62. The van der Waals surface area contributed by atoms with E-state index in [2.05, 4.69) is 62.4 Å². The van der Waals surface area contributed by atoms with Crippen LogP contribution in [0.4, 0.5) is 0 Å². The molecule has 0 aromatic heterocycles. The average molecular weight is 285 g/mol. The number of hydrogen-bond acceptors (Lipinski definition) is 0. The molecule has 2 aromatic carbocycles. The first-order valence-electron chi connectivity index (χ1n) is 7.37. The Balaban J connectivity index is 2.01. The van der Waals surface area contributed by atoms with Crippen LogP contribution in [0.3, 0.4) is 0 Å². The second-order valence-corrected chi connectivity index (χ2v) is 7.14. The fourth-order valence-corrected chi connectivity index (χ4v) is 3.72. The summed E-state index contributed by atoms with van der Waals surface area (Å²) in [6.07, 6.45) is 3.41. The number of hydrogen-bond donors (Lipinski definition) is 0. The van der Waals surface area contributed by atoms with Crippen LogP contribution in [-0.4, -0.2) is 0 Å². The molecule has 1 atom stereocenters. The summed E-state index contributed by atoms with van der Waals surface area (Å²) in [6.45, 7) is 4.65. The van der Waals surface area contributed by atoms with Crippen LogP contribution in [0, 0.1) is 5.41 Å². The maximum atomic E-state index is 6.70. The van der Waals surface area contributed by atoms with Crippen molar-refractivity contribution < 1.29 is 0 Å². The highest BCUT2D eigenvalue weighted by atomic mass is 35.5. The first-order valence-corrected chi connectivity index (χ1v) is 7.81. The van der Waals surface area contributed by atoms with Crippen molar-refractivity contribution in [1.82, 2.24) is 0 Å². The van der Waals surface area contributed by atoms with E-state index in [1.165, 1.54) is 28.7 Å². The minimum absolute atomic E-state index is 0.131. The first-order chi connectivity index (χ1) is 9.55. The lowest BCUT2D eigenvalue weighted by Crippen LogP contribution is -2.11. The molecule has 0 amide bonds. The van der Waals surface area contributed by atoms with Crippen molar-refractivity contribution in [3.63, 3.8) is 0 Å². The van der Waals surface area contributed by atoms with Gasteiger partial charge in [-0.15, -0.1) is 11.6 Å². The zero-order chi connectivity index (χ0) is 14.2. The standard InChI is InChI=1S/C19H21Cl/c1-19(2)11-10-15-8-9-16(12-17(15)18(20)13-19)14-6-4-3-5-7-14/h3-9,12,18H,10-11,13H2,1-2H3.